The van der Waals surface area contributed by atoms with E-state index in [2.05, 4.69) is 5.32 Å². The van der Waals surface area contributed by atoms with Gasteiger partial charge in [-0.3, -0.25) is 9.59 Å². The molecule has 148 valence electrons. The number of benzene rings is 2. The van der Waals surface area contributed by atoms with Crippen molar-refractivity contribution in [1.82, 2.24) is 5.32 Å². The van der Waals surface area contributed by atoms with Crippen LogP contribution in [0.3, 0.4) is 0 Å². The van der Waals surface area contributed by atoms with E-state index >= 15 is 0 Å². The highest BCUT2D eigenvalue weighted by molar-refractivity contribution is 6.22. The maximum absolute atomic E-state index is 12.6. The quantitative estimate of drug-likeness (QED) is 0.765. The summed E-state index contributed by atoms with van der Waals surface area (Å²) in [6.45, 7) is 2.55. The van der Waals surface area contributed by atoms with Crippen molar-refractivity contribution in [1.29, 1.82) is 0 Å². The Labute approximate surface area is 160 Å². The van der Waals surface area contributed by atoms with Crippen LogP contribution in [0.1, 0.15) is 24.5 Å². The minimum atomic E-state index is -4.39. The number of hydrogen-bond donors (Lipinski definition) is 1. The summed E-state index contributed by atoms with van der Waals surface area (Å²) < 4.78 is 43.2. The number of nitrogens with zero attached hydrogens (tertiary/aromatic N) is 1. The van der Waals surface area contributed by atoms with Crippen molar-refractivity contribution in [2.24, 2.45) is 0 Å². The molecule has 2 aromatic carbocycles. The van der Waals surface area contributed by atoms with Crippen molar-refractivity contribution < 1.29 is 27.5 Å². The molecule has 5 nitrogen and oxygen atoms in total. The van der Waals surface area contributed by atoms with Crippen LogP contribution in [0.2, 0.25) is 0 Å². The molecule has 2 amide bonds. The zero-order valence-corrected chi connectivity index (χ0v) is 15.1. The number of amides is 2. The Hall–Kier alpha value is -2.87. The predicted octanol–water partition coefficient (Wildman–Crippen LogP) is 3.53. The van der Waals surface area contributed by atoms with E-state index in [1.54, 1.807) is 24.3 Å². The summed E-state index contributed by atoms with van der Waals surface area (Å²) in [5.74, 6) is -0.0810. The summed E-state index contributed by atoms with van der Waals surface area (Å²) in [7, 11) is 0. The third-order valence-electron chi connectivity index (χ3n) is 4.39. The number of carbonyl (C=O) groups excluding carboxylic acids is 2. The summed E-state index contributed by atoms with van der Waals surface area (Å²) in [6, 6.07) is 10.6. The summed E-state index contributed by atoms with van der Waals surface area (Å²) >= 11 is 0. The van der Waals surface area contributed by atoms with Crippen LogP contribution in [-0.2, 0) is 22.3 Å². The van der Waals surface area contributed by atoms with Crippen molar-refractivity contribution in [3.63, 3.8) is 0 Å². The fraction of sp³-hybridized carbons (Fsp3) is 0.300. The minimum absolute atomic E-state index is 0.00726. The van der Waals surface area contributed by atoms with E-state index in [0.717, 1.165) is 17.0 Å². The Morgan fingerprint density at radius 2 is 1.71 bits per heavy atom. The number of alkyl halides is 3. The fourth-order valence-corrected chi connectivity index (χ4v) is 2.97. The second-order valence-corrected chi connectivity index (χ2v) is 6.33. The first kappa shape index (κ1) is 19.9. The van der Waals surface area contributed by atoms with Gasteiger partial charge in [-0.15, -0.1) is 0 Å². The molecule has 0 aliphatic carbocycles. The topological polar surface area (TPSA) is 58.6 Å². The molecule has 1 fully saturated rings. The highest BCUT2D eigenvalue weighted by Gasteiger charge is 2.39. The smallest absolute Gasteiger partial charge is 0.416 e. The van der Waals surface area contributed by atoms with Gasteiger partial charge >= 0.3 is 6.18 Å². The van der Waals surface area contributed by atoms with Gasteiger partial charge in [0.15, 0.2) is 0 Å². The van der Waals surface area contributed by atoms with E-state index in [0.29, 0.717) is 23.6 Å². The van der Waals surface area contributed by atoms with Crippen molar-refractivity contribution in [2.45, 2.75) is 32.1 Å². The van der Waals surface area contributed by atoms with Gasteiger partial charge in [0.25, 0.3) is 5.91 Å². The average Bonchev–Trinajstić information content (AvgIpc) is 2.94. The van der Waals surface area contributed by atoms with Gasteiger partial charge in [-0.1, -0.05) is 12.1 Å². The molecule has 28 heavy (non-hydrogen) atoms. The maximum Gasteiger partial charge on any atom is 0.416 e. The second kappa shape index (κ2) is 8.02. The zero-order valence-electron chi connectivity index (χ0n) is 15.1. The zero-order chi connectivity index (χ0) is 20.3. The average molecular weight is 392 g/mol. The van der Waals surface area contributed by atoms with Crippen LogP contribution in [-0.4, -0.2) is 24.5 Å². The van der Waals surface area contributed by atoms with Gasteiger partial charge in [0.05, 0.1) is 30.3 Å². The van der Waals surface area contributed by atoms with Crippen LogP contribution < -0.4 is 15.0 Å². The monoisotopic (exact) mass is 392 g/mol. The molecule has 1 N–H and O–H groups in total. The predicted molar refractivity (Wildman–Crippen MR) is 96.8 cm³/mol. The van der Waals surface area contributed by atoms with Gasteiger partial charge in [0.1, 0.15) is 5.75 Å². The van der Waals surface area contributed by atoms with E-state index in [1.165, 1.54) is 12.1 Å². The van der Waals surface area contributed by atoms with E-state index in [-0.39, 0.29) is 24.8 Å². The number of halogens is 3. The SMILES string of the molecule is CCOc1ccc(N2C(=O)C[C@@H](NCc3ccc(C(F)(F)F)cc3)C2=O)cc1. The summed E-state index contributed by atoms with van der Waals surface area (Å²) in [6.07, 6.45) is -4.40. The van der Waals surface area contributed by atoms with Crippen LogP contribution in [0.25, 0.3) is 0 Å². The minimum Gasteiger partial charge on any atom is -0.494 e. The summed E-state index contributed by atoms with van der Waals surface area (Å²) in [5, 5.41) is 2.95. The number of nitrogens with one attached hydrogen (secondary N) is 1. The van der Waals surface area contributed by atoms with E-state index in [1.807, 2.05) is 6.92 Å². The summed E-state index contributed by atoms with van der Waals surface area (Å²) in [4.78, 5) is 26.0. The molecule has 1 atom stereocenters. The van der Waals surface area contributed by atoms with Crippen LogP contribution in [0.15, 0.2) is 48.5 Å². The first-order valence-electron chi connectivity index (χ1n) is 8.78. The van der Waals surface area contributed by atoms with E-state index in [9.17, 15) is 22.8 Å². The maximum atomic E-state index is 12.6. The Bertz CT molecular complexity index is 848. The largest absolute Gasteiger partial charge is 0.494 e. The molecule has 3 rings (SSSR count). The molecular formula is C20H19F3N2O3. The molecule has 0 aromatic heterocycles. The van der Waals surface area contributed by atoms with Crippen molar-refractivity contribution in [2.75, 3.05) is 11.5 Å². The molecule has 0 unspecified atom stereocenters. The van der Waals surface area contributed by atoms with Gasteiger partial charge in [-0.25, -0.2) is 4.90 Å². The van der Waals surface area contributed by atoms with Crippen LogP contribution in [0.4, 0.5) is 18.9 Å². The van der Waals surface area contributed by atoms with Crippen LogP contribution in [0.5, 0.6) is 5.75 Å². The molecule has 0 bridgehead atoms. The van der Waals surface area contributed by atoms with Crippen molar-refractivity contribution in [3.05, 3.63) is 59.7 Å². The molecule has 0 radical (unpaired) electrons. The first-order chi connectivity index (χ1) is 13.3. The molecule has 0 saturated carbocycles. The van der Waals surface area contributed by atoms with E-state index < -0.39 is 17.8 Å². The van der Waals surface area contributed by atoms with Crippen molar-refractivity contribution in [3.8, 4) is 5.75 Å². The lowest BCUT2D eigenvalue weighted by Gasteiger charge is -2.16. The lowest BCUT2D eigenvalue weighted by atomic mass is 10.1. The Balaban J connectivity index is 1.63. The fourth-order valence-electron chi connectivity index (χ4n) is 2.97. The number of ether oxygens (including phenoxy) is 1. The molecule has 1 saturated heterocycles. The molecule has 8 heteroatoms. The highest BCUT2D eigenvalue weighted by atomic mass is 19.4. The standard InChI is InChI=1S/C20H19F3N2O3/c1-2-28-16-9-7-15(8-10-16)25-18(26)11-17(19(25)27)24-12-13-3-5-14(6-4-13)20(21,22)23/h3-10,17,24H,2,11-12H2,1H3/t17-/m1/s1. The number of anilines is 1. The Kier molecular flexibility index (Phi) is 5.69. The van der Waals surface area contributed by atoms with E-state index in [4.69, 9.17) is 4.74 Å². The molecule has 0 spiro atoms. The van der Waals surface area contributed by atoms with Gasteiger partial charge in [-0.2, -0.15) is 13.2 Å². The number of hydrogen-bond acceptors (Lipinski definition) is 4. The lowest BCUT2D eigenvalue weighted by molar-refractivity contribution is -0.137. The third kappa shape index (κ3) is 4.33. The van der Waals surface area contributed by atoms with Gasteiger partial charge < -0.3 is 10.1 Å². The third-order valence-corrected chi connectivity index (χ3v) is 4.39. The number of carbonyl (C=O) groups is 2. The highest BCUT2D eigenvalue weighted by Crippen LogP contribution is 2.29. The van der Waals surface area contributed by atoms with Gasteiger partial charge in [0, 0.05) is 6.54 Å². The van der Waals surface area contributed by atoms with Gasteiger partial charge in [0.2, 0.25) is 5.91 Å². The Morgan fingerprint density at radius 1 is 1.07 bits per heavy atom. The molecule has 1 heterocycles. The molecular weight excluding hydrogens is 373 g/mol. The van der Waals surface area contributed by atoms with Gasteiger partial charge in [-0.05, 0) is 48.9 Å². The molecule has 1 aliphatic rings. The number of imide groups is 1. The normalized spacial score (nSPS) is 17.3. The molecule has 2 aromatic rings. The number of rotatable bonds is 6. The summed E-state index contributed by atoms with van der Waals surface area (Å²) in [5.41, 5.74) is 0.315. The van der Waals surface area contributed by atoms with Crippen LogP contribution >= 0.6 is 0 Å². The Morgan fingerprint density at radius 3 is 2.29 bits per heavy atom. The molecule has 1 aliphatic heterocycles. The first-order valence-corrected chi connectivity index (χ1v) is 8.78. The lowest BCUT2D eigenvalue weighted by Crippen LogP contribution is -2.38. The van der Waals surface area contributed by atoms with Crippen LogP contribution in [0, 0.1) is 0 Å². The van der Waals surface area contributed by atoms with Crippen molar-refractivity contribution >= 4 is 17.5 Å². The second-order valence-electron chi connectivity index (χ2n) is 6.33.